The number of hydrogen-bond acceptors (Lipinski definition) is 9. The summed E-state index contributed by atoms with van der Waals surface area (Å²) in [6.07, 6.45) is -1.86. The van der Waals surface area contributed by atoms with Crippen LogP contribution < -0.4 is 0 Å². The fraction of sp³-hybridized carbons (Fsp3) is 0.951. The minimum absolute atomic E-state index is 0.0489. The molecule has 1 rings (SSSR count). The predicted octanol–water partition coefficient (Wildman–Crippen LogP) is 9.81. The molecule has 0 saturated carbocycles. The van der Waals surface area contributed by atoms with Crippen LogP contribution in [0, 0.1) is 17.8 Å². The number of amides is 1. The number of nitrogens with zero attached hydrogens (tertiary/aromatic N) is 1. The van der Waals surface area contributed by atoms with Gasteiger partial charge in [-0.05, 0) is 79.5 Å². The van der Waals surface area contributed by atoms with Crippen molar-refractivity contribution in [3.8, 4) is 0 Å². The molecule has 326 valence electrons. The van der Waals surface area contributed by atoms with Crippen LogP contribution >= 0.6 is 0 Å². The molecule has 1 aliphatic rings. The minimum atomic E-state index is -2.56. The molecule has 0 radical (unpaired) electrons. The van der Waals surface area contributed by atoms with Gasteiger partial charge in [0.2, 0.25) is 5.91 Å². The summed E-state index contributed by atoms with van der Waals surface area (Å²) in [6.45, 7) is 47.9. The number of aliphatic hydroxyl groups is 1. The number of ether oxygens (including phenoxy) is 1. The summed E-state index contributed by atoms with van der Waals surface area (Å²) in [5.41, 5.74) is -0.860. The molecule has 1 fully saturated rings. The van der Waals surface area contributed by atoms with Crippen LogP contribution in [0.15, 0.2) is 0 Å². The lowest BCUT2D eigenvalue weighted by molar-refractivity contribution is -0.171. The first-order valence-electron chi connectivity index (χ1n) is 20.5. The van der Waals surface area contributed by atoms with Gasteiger partial charge in [0.25, 0.3) is 0 Å². The number of rotatable bonds is 20. The first-order valence-corrected chi connectivity index (χ1v) is 32.1. The smallest absolute Gasteiger partial charge is 0.248 e. The number of ketones is 1. The second-order valence-corrected chi connectivity index (χ2v) is 41.8. The standard InChI is InChI=1S/C41H87NO9Si4/c1-29(26-43)35-41(14,49-35)36(51-55(23,24)40(11,12)13)31(28-48-53(19,20)38(5,6)7)34(45)30(27-47-52(17,18)37(2,3)4)32(25-33(44)42(15)46-16)50-54(21,22)39(8,9)10/h29-32,35-36,43H,25-28H2,1-24H3/t29-,30+,31-,32+,35+,36-,41-/m0/s1. The van der Waals surface area contributed by atoms with Crippen molar-refractivity contribution in [3.63, 3.8) is 0 Å². The van der Waals surface area contributed by atoms with E-state index in [4.69, 9.17) is 27.3 Å². The second-order valence-electron chi connectivity index (χ2n) is 22.6. The lowest BCUT2D eigenvalue weighted by atomic mass is 9.79. The number of carbonyl (C=O) groups excluding carboxylic acids is 2. The van der Waals surface area contributed by atoms with Crippen molar-refractivity contribution >= 4 is 45.0 Å². The Morgan fingerprint density at radius 3 is 1.45 bits per heavy atom. The van der Waals surface area contributed by atoms with E-state index in [9.17, 15) is 9.90 Å². The Balaban J connectivity index is 4.29. The zero-order valence-corrected chi connectivity index (χ0v) is 44.0. The average molecular weight is 850 g/mol. The van der Waals surface area contributed by atoms with Gasteiger partial charge in [0.15, 0.2) is 33.3 Å². The molecule has 1 amide bonds. The van der Waals surface area contributed by atoms with Crippen molar-refractivity contribution in [2.75, 3.05) is 34.0 Å². The maximum Gasteiger partial charge on any atom is 0.248 e. The monoisotopic (exact) mass is 850 g/mol. The molecule has 10 nitrogen and oxygen atoms in total. The maximum atomic E-state index is 16.1. The highest BCUT2D eigenvalue weighted by molar-refractivity contribution is 6.75. The van der Waals surface area contributed by atoms with E-state index in [1.165, 1.54) is 12.2 Å². The van der Waals surface area contributed by atoms with E-state index in [0.717, 1.165) is 0 Å². The molecule has 1 heterocycles. The summed E-state index contributed by atoms with van der Waals surface area (Å²) in [5.74, 6) is -2.16. The molecule has 0 unspecified atom stereocenters. The van der Waals surface area contributed by atoms with Gasteiger partial charge in [0.05, 0.1) is 43.7 Å². The van der Waals surface area contributed by atoms with E-state index in [2.05, 4.69) is 135 Å². The summed E-state index contributed by atoms with van der Waals surface area (Å²) in [6, 6.07) is 0. The van der Waals surface area contributed by atoms with Gasteiger partial charge in [0, 0.05) is 32.8 Å². The molecule has 55 heavy (non-hydrogen) atoms. The lowest BCUT2D eigenvalue weighted by Crippen LogP contribution is -2.57. The molecule has 0 aromatic rings. The van der Waals surface area contributed by atoms with Gasteiger partial charge in [-0.2, -0.15) is 0 Å². The average Bonchev–Trinajstić information content (AvgIpc) is 3.69. The molecule has 0 bridgehead atoms. The molecular weight excluding hydrogens is 763 g/mol. The first kappa shape index (κ1) is 52.7. The fourth-order valence-corrected chi connectivity index (χ4v) is 10.4. The Labute approximate surface area is 342 Å². The highest BCUT2D eigenvalue weighted by Crippen LogP contribution is 2.51. The Morgan fingerprint density at radius 1 is 0.709 bits per heavy atom. The van der Waals surface area contributed by atoms with Crippen LogP contribution in [-0.2, 0) is 36.9 Å². The molecular formula is C41H87NO9Si4. The third-order valence-corrected chi connectivity index (χ3v) is 32.1. The molecule has 7 atom stereocenters. The summed E-state index contributed by atoms with van der Waals surface area (Å²) < 4.78 is 35.1. The van der Waals surface area contributed by atoms with Crippen molar-refractivity contribution in [2.45, 2.75) is 200 Å². The van der Waals surface area contributed by atoms with E-state index < -0.39 is 62.9 Å². The normalized spacial score (nSPS) is 22.2. The number of aliphatic hydroxyl groups excluding tert-OH is 1. The Bertz CT molecular complexity index is 1280. The number of Topliss-reactive ketones (excluding diaryl/α,β-unsaturated/α-hetero) is 1. The van der Waals surface area contributed by atoms with Crippen LogP contribution in [0.1, 0.15) is 103 Å². The van der Waals surface area contributed by atoms with E-state index in [0.29, 0.717) is 0 Å². The Hall–Kier alpha value is -0.272. The lowest BCUT2D eigenvalue weighted by Gasteiger charge is -2.46. The molecule has 1 aliphatic heterocycles. The maximum absolute atomic E-state index is 16.1. The molecule has 14 heteroatoms. The number of epoxide rings is 1. The largest absolute Gasteiger partial charge is 0.416 e. The third kappa shape index (κ3) is 13.1. The zero-order chi connectivity index (χ0) is 43.8. The van der Waals surface area contributed by atoms with Gasteiger partial charge >= 0.3 is 0 Å². The summed E-state index contributed by atoms with van der Waals surface area (Å²) in [7, 11) is -6.84. The minimum Gasteiger partial charge on any atom is -0.416 e. The van der Waals surface area contributed by atoms with E-state index in [-0.39, 0.29) is 70.1 Å². The molecule has 0 aromatic heterocycles. The van der Waals surface area contributed by atoms with Gasteiger partial charge in [-0.15, -0.1) is 0 Å². The summed E-state index contributed by atoms with van der Waals surface area (Å²) >= 11 is 0. The van der Waals surface area contributed by atoms with Crippen molar-refractivity contribution in [1.29, 1.82) is 0 Å². The quantitative estimate of drug-likeness (QED) is 0.0726. The first-order chi connectivity index (χ1) is 24.2. The van der Waals surface area contributed by atoms with Crippen LogP contribution in [0.2, 0.25) is 72.5 Å². The van der Waals surface area contributed by atoms with E-state index in [1.54, 1.807) is 7.05 Å². The molecule has 0 spiro atoms. The predicted molar refractivity (Wildman–Crippen MR) is 236 cm³/mol. The zero-order valence-electron chi connectivity index (χ0n) is 40.0. The second kappa shape index (κ2) is 18.1. The Morgan fingerprint density at radius 2 is 1.09 bits per heavy atom. The summed E-state index contributed by atoms with van der Waals surface area (Å²) in [5, 5.41) is 10.9. The third-order valence-electron chi connectivity index (χ3n) is 14.1. The molecule has 0 aromatic carbocycles. The van der Waals surface area contributed by atoms with E-state index in [1.807, 2.05) is 13.8 Å². The van der Waals surface area contributed by atoms with Gasteiger partial charge in [0.1, 0.15) is 11.4 Å². The van der Waals surface area contributed by atoms with Crippen LogP contribution in [-0.4, -0.2) is 113 Å². The van der Waals surface area contributed by atoms with Crippen molar-refractivity contribution in [2.24, 2.45) is 17.8 Å². The number of carbonyl (C=O) groups is 2. The van der Waals surface area contributed by atoms with Gasteiger partial charge in [-0.1, -0.05) is 90.0 Å². The molecule has 1 N–H and O–H groups in total. The van der Waals surface area contributed by atoms with Crippen LogP contribution in [0.5, 0.6) is 0 Å². The van der Waals surface area contributed by atoms with Crippen LogP contribution in [0.4, 0.5) is 0 Å². The van der Waals surface area contributed by atoms with Gasteiger partial charge < -0.3 is 27.5 Å². The molecule has 0 aliphatic carbocycles. The van der Waals surface area contributed by atoms with Gasteiger partial charge in [-0.3, -0.25) is 14.4 Å². The topological polar surface area (TPSA) is 116 Å². The van der Waals surface area contributed by atoms with Crippen LogP contribution in [0.3, 0.4) is 0 Å². The summed E-state index contributed by atoms with van der Waals surface area (Å²) in [4.78, 5) is 35.2. The molecule has 1 saturated heterocycles. The highest BCUT2D eigenvalue weighted by atomic mass is 28.4. The van der Waals surface area contributed by atoms with Crippen molar-refractivity contribution < 1.29 is 42.0 Å². The SMILES string of the molecule is CON(C)C(=O)C[C@@H](O[Si](C)(C)C(C)(C)C)[C@@H](CO[Si](C)(C)C(C)(C)C)C(=O)[C@H](CO[Si](C)(C)C(C)(C)C)[C@H](O[Si](C)(C)C(C)(C)C)[C@@]1(C)O[C@@H]1[C@@H](C)CO. The van der Waals surface area contributed by atoms with E-state index >= 15 is 4.79 Å². The number of hydroxylamine groups is 2. The van der Waals surface area contributed by atoms with Crippen molar-refractivity contribution in [3.05, 3.63) is 0 Å². The van der Waals surface area contributed by atoms with Gasteiger partial charge in [-0.25, -0.2) is 5.06 Å². The number of hydrogen-bond donors (Lipinski definition) is 1. The highest BCUT2D eigenvalue weighted by Gasteiger charge is 2.65. The van der Waals surface area contributed by atoms with Crippen molar-refractivity contribution in [1.82, 2.24) is 5.06 Å². The fourth-order valence-electron chi connectivity index (χ4n) is 5.56. The van der Waals surface area contributed by atoms with Crippen LogP contribution in [0.25, 0.3) is 0 Å². The Kier molecular flexibility index (Phi) is 17.4.